The molecule has 5 rings (SSSR count). The summed E-state index contributed by atoms with van der Waals surface area (Å²) in [4.78, 5) is 31.2. The molecule has 2 amide bonds. The standard InChI is InChI=1S/C26H24FN5O4/c1-31-22-12-17(8-9-26(35)15-36-16-26)4-5-19(22)6-7-21(24(31)33)30-25(34)32-14-18(13-29-32)11-20-3-2-10-28-23(20)27/h2-5,10,12-14,21,35H,6-7,11,15-16H2,1H3,(H,30,34)/t21-/m0/s1. The first kappa shape index (κ1) is 23.7. The zero-order valence-corrected chi connectivity index (χ0v) is 19.6. The molecule has 0 saturated carbocycles. The normalized spacial score (nSPS) is 18.4. The summed E-state index contributed by atoms with van der Waals surface area (Å²) in [5.74, 6) is 4.95. The van der Waals surface area contributed by atoms with Crippen LogP contribution in [0.3, 0.4) is 0 Å². The maximum atomic E-state index is 13.8. The van der Waals surface area contributed by atoms with Crippen molar-refractivity contribution in [2.75, 3.05) is 25.2 Å². The van der Waals surface area contributed by atoms with Crippen LogP contribution in [-0.4, -0.2) is 63.7 Å². The first-order chi connectivity index (χ1) is 17.3. The molecular weight excluding hydrogens is 465 g/mol. The van der Waals surface area contributed by atoms with Crippen LogP contribution in [0, 0.1) is 17.8 Å². The summed E-state index contributed by atoms with van der Waals surface area (Å²) >= 11 is 0. The van der Waals surface area contributed by atoms with E-state index < -0.39 is 23.6 Å². The van der Waals surface area contributed by atoms with Gasteiger partial charge in [-0.15, -0.1) is 0 Å². The molecule has 0 spiro atoms. The van der Waals surface area contributed by atoms with Gasteiger partial charge in [-0.1, -0.05) is 24.0 Å². The van der Waals surface area contributed by atoms with E-state index in [2.05, 4.69) is 27.2 Å². The fourth-order valence-corrected chi connectivity index (χ4v) is 4.18. The summed E-state index contributed by atoms with van der Waals surface area (Å²) in [5.41, 5.74) is 2.25. The Morgan fingerprint density at radius 3 is 2.94 bits per heavy atom. The van der Waals surface area contributed by atoms with Crippen molar-refractivity contribution < 1.29 is 23.8 Å². The third-order valence-electron chi connectivity index (χ3n) is 6.27. The number of carbonyl (C=O) groups is 2. The quantitative estimate of drug-likeness (QED) is 0.428. The highest BCUT2D eigenvalue weighted by molar-refractivity contribution is 6.00. The molecule has 4 heterocycles. The van der Waals surface area contributed by atoms with Crippen molar-refractivity contribution in [3.05, 3.63) is 77.1 Å². The van der Waals surface area contributed by atoms with Crippen LogP contribution in [-0.2, 0) is 22.4 Å². The Morgan fingerprint density at radius 1 is 1.36 bits per heavy atom. The maximum Gasteiger partial charge on any atom is 0.342 e. The molecule has 0 unspecified atom stereocenters. The molecule has 184 valence electrons. The second-order valence-electron chi connectivity index (χ2n) is 8.98. The molecule has 2 aromatic heterocycles. The summed E-state index contributed by atoms with van der Waals surface area (Å²) in [7, 11) is 1.66. The summed E-state index contributed by atoms with van der Waals surface area (Å²) in [6.45, 7) is 0.367. The van der Waals surface area contributed by atoms with Crippen molar-refractivity contribution in [1.29, 1.82) is 0 Å². The van der Waals surface area contributed by atoms with E-state index in [0.29, 0.717) is 35.2 Å². The van der Waals surface area contributed by atoms with Gasteiger partial charge in [-0.25, -0.2) is 9.78 Å². The molecule has 2 aliphatic rings. The average molecular weight is 490 g/mol. The number of fused-ring (bicyclic) bond motifs is 1. The minimum Gasteiger partial charge on any atom is -0.373 e. The monoisotopic (exact) mass is 489 g/mol. The number of amides is 2. The molecule has 2 aliphatic heterocycles. The number of carbonyl (C=O) groups excluding carboxylic acids is 2. The van der Waals surface area contributed by atoms with E-state index >= 15 is 0 Å². The first-order valence-corrected chi connectivity index (χ1v) is 11.5. The number of nitrogens with one attached hydrogen (secondary N) is 1. The highest BCUT2D eigenvalue weighted by Crippen LogP contribution is 2.27. The molecule has 1 aromatic carbocycles. The van der Waals surface area contributed by atoms with Crippen LogP contribution < -0.4 is 10.2 Å². The Morgan fingerprint density at radius 2 is 2.19 bits per heavy atom. The highest BCUT2D eigenvalue weighted by Gasteiger charge is 2.34. The summed E-state index contributed by atoms with van der Waals surface area (Å²) in [6, 6.07) is 7.54. The lowest BCUT2D eigenvalue weighted by Gasteiger charge is -2.30. The molecule has 0 bridgehead atoms. The highest BCUT2D eigenvalue weighted by atomic mass is 19.1. The van der Waals surface area contributed by atoms with E-state index in [1.165, 1.54) is 23.5 Å². The van der Waals surface area contributed by atoms with E-state index in [-0.39, 0.29) is 25.5 Å². The maximum absolute atomic E-state index is 13.8. The lowest BCUT2D eigenvalue weighted by atomic mass is 10.0. The number of aryl methyl sites for hydroxylation is 1. The Bertz CT molecular complexity index is 1390. The van der Waals surface area contributed by atoms with Crippen molar-refractivity contribution in [1.82, 2.24) is 20.1 Å². The number of ether oxygens (including phenoxy) is 1. The number of aromatic nitrogens is 3. The van der Waals surface area contributed by atoms with Gasteiger partial charge < -0.3 is 20.1 Å². The van der Waals surface area contributed by atoms with Gasteiger partial charge in [0.05, 0.1) is 19.4 Å². The van der Waals surface area contributed by atoms with E-state index in [4.69, 9.17) is 4.74 Å². The van der Waals surface area contributed by atoms with Crippen molar-refractivity contribution >= 4 is 17.6 Å². The van der Waals surface area contributed by atoms with E-state index in [0.717, 1.165) is 10.2 Å². The Balaban J connectivity index is 1.27. The van der Waals surface area contributed by atoms with E-state index in [9.17, 15) is 19.1 Å². The molecule has 36 heavy (non-hydrogen) atoms. The minimum absolute atomic E-state index is 0.183. The third-order valence-corrected chi connectivity index (χ3v) is 6.27. The second kappa shape index (κ2) is 9.53. The summed E-state index contributed by atoms with van der Waals surface area (Å²) < 4.78 is 20.0. The second-order valence-corrected chi connectivity index (χ2v) is 8.98. The van der Waals surface area contributed by atoms with Gasteiger partial charge in [-0.05, 0) is 42.2 Å². The van der Waals surface area contributed by atoms with Gasteiger partial charge in [-0.3, -0.25) is 4.79 Å². The molecule has 0 radical (unpaired) electrons. The number of hydrogen-bond donors (Lipinski definition) is 2. The number of likely N-dealkylation sites (N-methyl/N-ethyl adjacent to an activating group) is 1. The molecule has 2 N–H and O–H groups in total. The number of aliphatic hydroxyl groups is 1. The third kappa shape index (κ3) is 4.84. The lowest BCUT2D eigenvalue weighted by Crippen LogP contribution is -2.48. The summed E-state index contributed by atoms with van der Waals surface area (Å²) in [6.07, 6.45) is 5.59. The van der Waals surface area contributed by atoms with Gasteiger partial charge >= 0.3 is 6.03 Å². The van der Waals surface area contributed by atoms with Gasteiger partial charge in [0.1, 0.15) is 6.04 Å². The van der Waals surface area contributed by atoms with Crippen molar-refractivity contribution in [3.63, 3.8) is 0 Å². The molecule has 0 aliphatic carbocycles. The molecule has 9 nitrogen and oxygen atoms in total. The smallest absolute Gasteiger partial charge is 0.342 e. The average Bonchev–Trinajstić information content (AvgIpc) is 3.29. The number of nitrogens with zero attached hydrogens (tertiary/aromatic N) is 4. The van der Waals surface area contributed by atoms with Gasteiger partial charge in [0, 0.05) is 42.7 Å². The SMILES string of the molecule is CN1C(=O)[C@@H](NC(=O)n2cc(Cc3cccnc3F)cn2)CCc2ccc(C#CC3(O)COC3)cc21. The minimum atomic E-state index is -1.12. The van der Waals surface area contributed by atoms with E-state index in [1.807, 2.05) is 18.2 Å². The van der Waals surface area contributed by atoms with Crippen LogP contribution in [0.5, 0.6) is 0 Å². The largest absolute Gasteiger partial charge is 0.373 e. The fraction of sp³-hybridized carbons (Fsp3) is 0.308. The zero-order valence-electron chi connectivity index (χ0n) is 19.6. The zero-order chi connectivity index (χ0) is 25.3. The molecule has 1 saturated heterocycles. The molecule has 1 atom stereocenters. The molecule has 10 heteroatoms. The number of pyridine rings is 1. The Labute approximate surface area is 206 Å². The van der Waals surface area contributed by atoms with Crippen LogP contribution in [0.4, 0.5) is 14.9 Å². The Kier molecular flexibility index (Phi) is 6.26. The predicted molar refractivity (Wildman–Crippen MR) is 128 cm³/mol. The van der Waals surface area contributed by atoms with Gasteiger partial charge in [-0.2, -0.15) is 14.2 Å². The summed E-state index contributed by atoms with van der Waals surface area (Å²) in [5, 5.41) is 17.0. The van der Waals surface area contributed by atoms with Crippen LogP contribution in [0.1, 0.15) is 28.7 Å². The number of benzene rings is 1. The first-order valence-electron chi connectivity index (χ1n) is 11.5. The van der Waals surface area contributed by atoms with Crippen molar-refractivity contribution in [2.45, 2.75) is 30.9 Å². The number of hydrogen-bond acceptors (Lipinski definition) is 6. The van der Waals surface area contributed by atoms with E-state index in [1.54, 1.807) is 19.2 Å². The van der Waals surface area contributed by atoms with Gasteiger partial charge in [0.15, 0.2) is 5.60 Å². The number of halogens is 1. The topological polar surface area (TPSA) is 110 Å². The van der Waals surface area contributed by atoms with Crippen molar-refractivity contribution in [2.24, 2.45) is 0 Å². The lowest BCUT2D eigenvalue weighted by molar-refractivity contribution is -0.140. The fourth-order valence-electron chi connectivity index (χ4n) is 4.18. The van der Waals surface area contributed by atoms with Crippen LogP contribution in [0.25, 0.3) is 0 Å². The number of anilines is 1. The molecular formula is C26H24FN5O4. The molecule has 3 aromatic rings. The van der Waals surface area contributed by atoms with Crippen molar-refractivity contribution in [3.8, 4) is 11.8 Å². The Hall–Kier alpha value is -4.07. The van der Waals surface area contributed by atoms with Crippen LogP contribution >= 0.6 is 0 Å². The molecule has 1 fully saturated rings. The van der Waals surface area contributed by atoms with Gasteiger partial charge in [0.25, 0.3) is 0 Å². The van der Waals surface area contributed by atoms with Gasteiger partial charge in [0.2, 0.25) is 11.9 Å². The predicted octanol–water partition coefficient (Wildman–Crippen LogP) is 1.66. The number of rotatable bonds is 3. The van der Waals surface area contributed by atoms with Crippen LogP contribution in [0.15, 0.2) is 48.9 Å². The van der Waals surface area contributed by atoms with Crippen LogP contribution in [0.2, 0.25) is 0 Å².